The van der Waals surface area contributed by atoms with Crippen molar-refractivity contribution in [2.24, 2.45) is 0 Å². The molecule has 0 amide bonds. The molecule has 3 aromatic rings. The molecule has 6 rings (SSSR count). The molecule has 5 heterocycles. The predicted octanol–water partition coefficient (Wildman–Crippen LogP) is 11.2. The summed E-state index contributed by atoms with van der Waals surface area (Å²) in [5.74, 6) is -0.735. The van der Waals surface area contributed by atoms with E-state index in [1.54, 1.807) is 6.92 Å². The summed E-state index contributed by atoms with van der Waals surface area (Å²) >= 11 is 0. The second kappa shape index (κ2) is 17.1. The van der Waals surface area contributed by atoms with Crippen LogP contribution < -0.4 is 0 Å². The van der Waals surface area contributed by atoms with Crippen LogP contribution in [0.25, 0.3) is 33.2 Å². The zero-order valence-electron chi connectivity index (χ0n) is 36.0. The number of aromatic amines is 2. The molecule has 2 aliphatic heterocycles. The summed E-state index contributed by atoms with van der Waals surface area (Å²) in [5, 5.41) is 11.0. The van der Waals surface area contributed by atoms with Crippen LogP contribution in [0.2, 0.25) is 0 Å². The highest BCUT2D eigenvalue weighted by atomic mass is 16.5. The third kappa shape index (κ3) is 8.46. The van der Waals surface area contributed by atoms with Gasteiger partial charge in [0.1, 0.15) is 6.61 Å². The molecule has 3 aromatic heterocycles. The zero-order chi connectivity index (χ0) is 41.3. The molecule has 8 nitrogen and oxygen atoms in total. The van der Waals surface area contributed by atoms with Gasteiger partial charge in [-0.15, -0.1) is 0 Å². The molecule has 0 aromatic carbocycles. The van der Waals surface area contributed by atoms with Crippen molar-refractivity contribution in [2.75, 3.05) is 6.61 Å². The number of aromatic nitrogens is 4. The number of rotatable bonds is 13. The maximum Gasteiger partial charge on any atom is 0.306 e. The molecule has 0 saturated carbocycles. The van der Waals surface area contributed by atoms with Crippen LogP contribution in [-0.4, -0.2) is 43.4 Å². The largest absolute Gasteiger partial charge is 0.461 e. The lowest BCUT2D eigenvalue weighted by Gasteiger charge is -2.17. The molecule has 8 heteroatoms. The molecule has 1 aliphatic carbocycles. The average molecular weight is 758 g/mol. The smallest absolute Gasteiger partial charge is 0.306 e. The van der Waals surface area contributed by atoms with Crippen molar-refractivity contribution in [3.8, 4) is 0 Å². The van der Waals surface area contributed by atoms with Gasteiger partial charge < -0.3 is 19.8 Å². The molecular formula is C48H60N4O4. The van der Waals surface area contributed by atoms with Crippen LogP contribution in [0.1, 0.15) is 164 Å². The number of carbonyl (C=O) groups is 2. The molecule has 56 heavy (non-hydrogen) atoms. The Kier molecular flexibility index (Phi) is 12.1. The number of hydrogen-bond acceptors (Lipinski definition) is 6. The fourth-order valence-corrected chi connectivity index (χ4v) is 8.55. The number of nitrogens with zero attached hydrogens (tertiary/aromatic N) is 2. The van der Waals surface area contributed by atoms with E-state index in [1.807, 2.05) is 39.0 Å². The Morgan fingerprint density at radius 1 is 0.964 bits per heavy atom. The number of allylic oxidation sites excluding steroid dienone is 7. The summed E-state index contributed by atoms with van der Waals surface area (Å²) in [7, 11) is 0. The number of H-pyrrole nitrogens is 2. The van der Waals surface area contributed by atoms with E-state index in [-0.39, 0.29) is 49.1 Å². The molecule has 296 valence electrons. The van der Waals surface area contributed by atoms with Crippen molar-refractivity contribution in [3.63, 3.8) is 0 Å². The highest BCUT2D eigenvalue weighted by Crippen LogP contribution is 2.46. The highest BCUT2D eigenvalue weighted by Gasteiger charge is 2.39. The van der Waals surface area contributed by atoms with Crippen LogP contribution in [0.4, 0.5) is 0 Å². The minimum Gasteiger partial charge on any atom is -0.461 e. The number of fused-ring (bicyclic) bond motifs is 8. The van der Waals surface area contributed by atoms with Gasteiger partial charge in [-0.25, -0.2) is 4.98 Å². The van der Waals surface area contributed by atoms with Crippen LogP contribution in [0, 0.1) is 13.8 Å². The maximum atomic E-state index is 13.7. The Morgan fingerprint density at radius 2 is 1.66 bits per heavy atom. The Hall–Kier alpha value is -4.82. The minimum atomic E-state index is -0.776. The maximum absolute atomic E-state index is 13.7. The number of nitrogens with one attached hydrogen (secondary N) is 2. The van der Waals surface area contributed by atoms with E-state index < -0.39 is 6.10 Å². The van der Waals surface area contributed by atoms with Crippen molar-refractivity contribution < 1.29 is 20.8 Å². The van der Waals surface area contributed by atoms with E-state index >= 15 is 0 Å². The van der Waals surface area contributed by atoms with Gasteiger partial charge >= 0.3 is 5.97 Å². The third-order valence-corrected chi connectivity index (χ3v) is 11.9. The Bertz CT molecular complexity index is 2400. The van der Waals surface area contributed by atoms with E-state index in [1.165, 1.54) is 16.7 Å². The van der Waals surface area contributed by atoms with Gasteiger partial charge in [0.05, 0.1) is 24.6 Å². The fourth-order valence-electron chi connectivity index (χ4n) is 8.55. The number of Topliss-reactive ketones (excluding diaryl/α,β-unsaturated/α-hetero) is 1. The topological polar surface area (TPSA) is 121 Å². The summed E-state index contributed by atoms with van der Waals surface area (Å²) in [6.45, 7) is 20.6. The average Bonchev–Trinajstić information content (AvgIpc) is 3.91. The Morgan fingerprint density at radius 3 is 2.36 bits per heavy atom. The van der Waals surface area contributed by atoms with Gasteiger partial charge in [0.25, 0.3) is 0 Å². The first kappa shape index (κ1) is 39.4. The van der Waals surface area contributed by atoms with Crippen LogP contribution in [0.5, 0.6) is 0 Å². The van der Waals surface area contributed by atoms with Crippen LogP contribution in [0.3, 0.4) is 0 Å². The standard InChI is InChI=1S/C48H60N4O4/c1-11-34-29(6)37-25-42-45(33(10)53)31(8)39(50-42)23-38-30(7)35(18-19-44(55)56-21-20-28(5)17-13-16-27(4)15-12-14-26(2)3)47(51-38)36-22-43(54)46-32(9)40(52-48(36)46)24-41(34)49-37/h14,16,20,23-25,30,33,35,49-50,53H,11-13,15,17-19,21-22H2,1-10H3/b27-16+,28-20+,37-25?,38-23?,39-23?,40-24?,41-24?,42-25?,47-36?/t30-,33?,35-/m0/s1/i23D. The van der Waals surface area contributed by atoms with Crippen LogP contribution in [0.15, 0.2) is 53.1 Å². The molecule has 0 saturated heterocycles. The summed E-state index contributed by atoms with van der Waals surface area (Å²) in [6.07, 6.45) is 11.4. The van der Waals surface area contributed by atoms with Crippen molar-refractivity contribution >= 4 is 45.0 Å². The number of aliphatic hydroxyl groups excluding tert-OH is 1. The molecule has 3 N–H and O–H groups in total. The van der Waals surface area contributed by atoms with Gasteiger partial charge in [-0.3, -0.25) is 14.6 Å². The van der Waals surface area contributed by atoms with Gasteiger partial charge in [-0.2, -0.15) is 0 Å². The van der Waals surface area contributed by atoms with E-state index in [0.29, 0.717) is 28.9 Å². The quantitative estimate of drug-likeness (QED) is 0.118. The van der Waals surface area contributed by atoms with E-state index in [4.69, 9.17) is 14.7 Å². The first-order valence-corrected chi connectivity index (χ1v) is 20.4. The summed E-state index contributed by atoms with van der Waals surface area (Å²) in [4.78, 5) is 44.3. The lowest BCUT2D eigenvalue weighted by atomic mass is 9.85. The van der Waals surface area contributed by atoms with Gasteiger partial charge in [0.15, 0.2) is 5.78 Å². The molecule has 8 bridgehead atoms. The number of carbonyl (C=O) groups excluding carboxylic acids is 2. The van der Waals surface area contributed by atoms with Gasteiger partial charge in [0, 0.05) is 69.1 Å². The third-order valence-electron chi connectivity index (χ3n) is 11.9. The minimum absolute atomic E-state index is 0.0122. The van der Waals surface area contributed by atoms with Crippen molar-refractivity contribution in [1.82, 2.24) is 19.9 Å². The van der Waals surface area contributed by atoms with E-state index in [2.05, 4.69) is 63.7 Å². The summed E-state index contributed by atoms with van der Waals surface area (Å²) in [5.41, 5.74) is 15.8. The first-order valence-electron chi connectivity index (χ1n) is 20.9. The molecule has 1 unspecified atom stereocenters. The van der Waals surface area contributed by atoms with Crippen LogP contribution in [-0.2, 0) is 27.2 Å². The highest BCUT2D eigenvalue weighted by molar-refractivity contribution is 6.32. The van der Waals surface area contributed by atoms with E-state index in [9.17, 15) is 16.1 Å². The molecule has 3 aliphatic rings. The number of ether oxygens (including phenoxy) is 1. The van der Waals surface area contributed by atoms with Gasteiger partial charge in [-0.05, 0) is 140 Å². The van der Waals surface area contributed by atoms with Crippen molar-refractivity contribution in [3.05, 3.63) is 104 Å². The molecule has 3 atom stereocenters. The zero-order valence-corrected chi connectivity index (χ0v) is 35.0. The van der Waals surface area contributed by atoms with Crippen molar-refractivity contribution in [2.45, 2.75) is 139 Å². The first-order chi connectivity index (χ1) is 27.1. The molecule has 0 spiro atoms. The normalized spacial score (nSPS) is 17.8. The lowest BCUT2D eigenvalue weighted by molar-refractivity contribution is -0.142. The number of hydrogen-bond donors (Lipinski definition) is 3. The Labute approximate surface area is 333 Å². The van der Waals surface area contributed by atoms with Gasteiger partial charge in [0.2, 0.25) is 0 Å². The fraction of sp³-hybridized carbons (Fsp3) is 0.458. The van der Waals surface area contributed by atoms with Gasteiger partial charge in [-0.1, -0.05) is 42.7 Å². The lowest BCUT2D eigenvalue weighted by Crippen LogP contribution is -2.10. The molecule has 0 fully saturated rings. The number of ketones is 1. The SMILES string of the molecule is [2H]c1c2nc(c3c4nc(cc5[nH]c(cc6[nH]c1c(C)c6C(C)O)c(C)c5CC)C(C)=C4C(=O)C3)[C@@H](CCC(=O)OC/C=C(\C)CC/C=C(\C)CCC=C(C)C)[C@@H]2C. The second-order valence-electron chi connectivity index (χ2n) is 16.3. The monoisotopic (exact) mass is 757 g/mol. The Balaban J connectivity index is 1.35. The van der Waals surface area contributed by atoms with E-state index in [0.717, 1.165) is 93.4 Å². The number of aliphatic hydroxyl groups is 1. The molecular weight excluding hydrogens is 697 g/mol. The second-order valence-corrected chi connectivity index (χ2v) is 16.3. The number of aryl methyl sites for hydroxylation is 3. The molecule has 0 radical (unpaired) electrons. The summed E-state index contributed by atoms with van der Waals surface area (Å²) in [6, 6.07) is 4.28. The van der Waals surface area contributed by atoms with Crippen LogP contribution >= 0.6 is 0 Å². The summed E-state index contributed by atoms with van der Waals surface area (Å²) < 4.78 is 15.3. The predicted molar refractivity (Wildman–Crippen MR) is 228 cm³/mol. The van der Waals surface area contributed by atoms with Crippen molar-refractivity contribution in [1.29, 1.82) is 0 Å². The number of esters is 1.